The molecule has 84 valence electrons. The van der Waals surface area contributed by atoms with Crippen LogP contribution in [0.1, 0.15) is 5.56 Å². The van der Waals surface area contributed by atoms with E-state index in [0.717, 1.165) is 13.0 Å². The molecule has 4 nitrogen and oxygen atoms in total. The number of hydrogen-bond donors (Lipinski definition) is 3. The van der Waals surface area contributed by atoms with Gasteiger partial charge < -0.3 is 15.1 Å². The molecule has 0 saturated heterocycles. The maximum Gasteiger partial charge on any atom is 0.326 e. The second-order valence-electron chi connectivity index (χ2n) is 3.37. The fourth-order valence-electron chi connectivity index (χ4n) is 1.23. The third kappa shape index (κ3) is 6.42. The lowest BCUT2D eigenvalue weighted by molar-refractivity contribution is 0.372. The minimum Gasteiger partial charge on any atom is -0.324 e. The molecule has 0 atom stereocenters. The van der Waals surface area contributed by atoms with Gasteiger partial charge in [-0.15, -0.1) is 0 Å². The molecule has 0 aliphatic carbocycles. The van der Waals surface area contributed by atoms with E-state index in [-0.39, 0.29) is 6.16 Å². The predicted octanol–water partition coefficient (Wildman–Crippen LogP) is 0.996. The molecule has 0 unspecified atom stereocenters. The van der Waals surface area contributed by atoms with Gasteiger partial charge >= 0.3 is 7.60 Å². The smallest absolute Gasteiger partial charge is 0.324 e. The summed E-state index contributed by atoms with van der Waals surface area (Å²) in [4.78, 5) is 17.2. The van der Waals surface area contributed by atoms with E-state index in [4.69, 9.17) is 9.79 Å². The Morgan fingerprint density at radius 3 is 2.40 bits per heavy atom. The summed E-state index contributed by atoms with van der Waals surface area (Å²) in [5.74, 6) is 0. The number of rotatable bonds is 6. The van der Waals surface area contributed by atoms with Crippen molar-refractivity contribution in [1.29, 1.82) is 0 Å². The molecular formula is C10H16NO3P. The molecule has 1 aromatic rings. The lowest BCUT2D eigenvalue weighted by atomic mass is 10.1. The van der Waals surface area contributed by atoms with Crippen LogP contribution in [0.2, 0.25) is 0 Å². The molecule has 0 amide bonds. The number of nitrogens with one attached hydrogen (secondary N) is 1. The van der Waals surface area contributed by atoms with Crippen LogP contribution in [0, 0.1) is 0 Å². The zero-order chi connectivity index (χ0) is 11.1. The first kappa shape index (κ1) is 12.4. The number of hydrogen-bond acceptors (Lipinski definition) is 2. The Balaban J connectivity index is 2.10. The summed E-state index contributed by atoms with van der Waals surface area (Å²) in [6.07, 6.45) is 0.782. The first-order chi connectivity index (χ1) is 7.08. The monoisotopic (exact) mass is 229 g/mol. The van der Waals surface area contributed by atoms with Gasteiger partial charge in [0.15, 0.2) is 0 Å². The Bertz CT molecular complexity index is 323. The normalized spacial score (nSPS) is 11.6. The molecular weight excluding hydrogens is 213 g/mol. The van der Waals surface area contributed by atoms with Crippen molar-refractivity contribution in [3.05, 3.63) is 35.9 Å². The Kier molecular flexibility index (Phi) is 4.99. The molecule has 0 aliphatic heterocycles. The van der Waals surface area contributed by atoms with Gasteiger partial charge in [0, 0.05) is 6.54 Å². The molecule has 5 heteroatoms. The van der Waals surface area contributed by atoms with Crippen LogP contribution in [0.5, 0.6) is 0 Å². The second kappa shape index (κ2) is 6.03. The van der Waals surface area contributed by atoms with Crippen LogP contribution in [0.3, 0.4) is 0 Å². The zero-order valence-electron chi connectivity index (χ0n) is 8.47. The molecule has 3 N–H and O–H groups in total. The molecule has 15 heavy (non-hydrogen) atoms. The number of benzene rings is 1. The van der Waals surface area contributed by atoms with Crippen molar-refractivity contribution >= 4 is 7.60 Å². The standard InChI is InChI=1S/C10H16NO3P/c12-15(13,14)9-8-11-7-6-10-4-2-1-3-5-10/h1-5,11H,6-9H2,(H2,12,13,14). The van der Waals surface area contributed by atoms with Crippen LogP contribution in [-0.4, -0.2) is 29.0 Å². The van der Waals surface area contributed by atoms with Crippen molar-refractivity contribution in [3.8, 4) is 0 Å². The van der Waals surface area contributed by atoms with Gasteiger partial charge in [-0.05, 0) is 18.5 Å². The third-order valence-corrected chi connectivity index (χ3v) is 2.82. The van der Waals surface area contributed by atoms with Gasteiger partial charge in [-0.1, -0.05) is 30.3 Å². The van der Waals surface area contributed by atoms with E-state index in [9.17, 15) is 4.57 Å². The van der Waals surface area contributed by atoms with Gasteiger partial charge in [0.1, 0.15) is 0 Å². The maximum absolute atomic E-state index is 10.5. The van der Waals surface area contributed by atoms with Crippen LogP contribution in [0.25, 0.3) is 0 Å². The third-order valence-electron chi connectivity index (χ3n) is 2.01. The average molecular weight is 229 g/mol. The maximum atomic E-state index is 10.5. The van der Waals surface area contributed by atoms with Crippen molar-refractivity contribution < 1.29 is 14.4 Å². The Morgan fingerprint density at radius 1 is 1.13 bits per heavy atom. The lowest BCUT2D eigenvalue weighted by Crippen LogP contribution is -2.21. The first-order valence-corrected chi connectivity index (χ1v) is 6.67. The largest absolute Gasteiger partial charge is 0.326 e. The predicted molar refractivity (Wildman–Crippen MR) is 59.9 cm³/mol. The molecule has 0 saturated carbocycles. The molecule has 0 spiro atoms. The van der Waals surface area contributed by atoms with Gasteiger partial charge in [0.05, 0.1) is 6.16 Å². The summed E-state index contributed by atoms with van der Waals surface area (Å²) < 4.78 is 10.5. The van der Waals surface area contributed by atoms with E-state index in [1.165, 1.54) is 5.56 Å². The summed E-state index contributed by atoms with van der Waals surface area (Å²) in [5, 5.41) is 3.00. The average Bonchev–Trinajstić information content (AvgIpc) is 2.17. The van der Waals surface area contributed by atoms with Crippen molar-refractivity contribution in [1.82, 2.24) is 5.32 Å². The van der Waals surface area contributed by atoms with E-state index in [1.807, 2.05) is 30.3 Å². The Morgan fingerprint density at radius 2 is 1.80 bits per heavy atom. The van der Waals surface area contributed by atoms with Crippen LogP contribution < -0.4 is 5.32 Å². The van der Waals surface area contributed by atoms with Gasteiger partial charge in [-0.2, -0.15) is 0 Å². The SMILES string of the molecule is O=P(O)(O)CCNCCc1ccccc1. The molecule has 0 aromatic heterocycles. The van der Waals surface area contributed by atoms with Crippen LogP contribution in [0.4, 0.5) is 0 Å². The van der Waals surface area contributed by atoms with Crippen molar-refractivity contribution in [2.24, 2.45) is 0 Å². The van der Waals surface area contributed by atoms with Crippen molar-refractivity contribution in [2.75, 3.05) is 19.3 Å². The molecule has 0 radical (unpaired) electrons. The molecule has 0 aliphatic rings. The highest BCUT2D eigenvalue weighted by Crippen LogP contribution is 2.32. The molecule has 0 heterocycles. The molecule has 0 fully saturated rings. The fraction of sp³-hybridized carbons (Fsp3) is 0.400. The van der Waals surface area contributed by atoms with E-state index in [0.29, 0.717) is 6.54 Å². The fourth-order valence-corrected chi connectivity index (χ4v) is 1.68. The zero-order valence-corrected chi connectivity index (χ0v) is 9.36. The summed E-state index contributed by atoms with van der Waals surface area (Å²) in [5.41, 5.74) is 1.22. The van der Waals surface area contributed by atoms with Crippen LogP contribution in [-0.2, 0) is 11.0 Å². The highest BCUT2D eigenvalue weighted by atomic mass is 31.2. The van der Waals surface area contributed by atoms with Gasteiger partial charge in [-0.3, -0.25) is 4.57 Å². The highest BCUT2D eigenvalue weighted by Gasteiger charge is 2.10. The van der Waals surface area contributed by atoms with E-state index >= 15 is 0 Å². The second-order valence-corrected chi connectivity index (χ2v) is 5.15. The van der Waals surface area contributed by atoms with Gasteiger partial charge in [-0.25, -0.2) is 0 Å². The summed E-state index contributed by atoms with van der Waals surface area (Å²) in [6, 6.07) is 9.98. The van der Waals surface area contributed by atoms with Crippen LogP contribution >= 0.6 is 7.60 Å². The van der Waals surface area contributed by atoms with E-state index < -0.39 is 7.60 Å². The van der Waals surface area contributed by atoms with Gasteiger partial charge in [0.25, 0.3) is 0 Å². The molecule has 1 aromatic carbocycles. The van der Waals surface area contributed by atoms with Crippen molar-refractivity contribution in [3.63, 3.8) is 0 Å². The Labute approximate surface area is 89.5 Å². The van der Waals surface area contributed by atoms with Crippen LogP contribution in [0.15, 0.2) is 30.3 Å². The quantitative estimate of drug-likeness (QED) is 0.502. The van der Waals surface area contributed by atoms with Gasteiger partial charge in [0.2, 0.25) is 0 Å². The van der Waals surface area contributed by atoms with E-state index in [2.05, 4.69) is 5.32 Å². The lowest BCUT2D eigenvalue weighted by Gasteiger charge is -2.05. The summed E-state index contributed by atoms with van der Waals surface area (Å²) >= 11 is 0. The Hall–Kier alpha value is -0.670. The molecule has 0 bridgehead atoms. The highest BCUT2D eigenvalue weighted by molar-refractivity contribution is 7.51. The minimum absolute atomic E-state index is 0.0954. The van der Waals surface area contributed by atoms with Crippen molar-refractivity contribution in [2.45, 2.75) is 6.42 Å². The topological polar surface area (TPSA) is 69.6 Å². The minimum atomic E-state index is -3.84. The molecule has 1 rings (SSSR count). The summed E-state index contributed by atoms with van der Waals surface area (Å²) in [7, 11) is -3.84. The van der Waals surface area contributed by atoms with E-state index in [1.54, 1.807) is 0 Å². The first-order valence-electron chi connectivity index (χ1n) is 4.87. The summed E-state index contributed by atoms with van der Waals surface area (Å²) in [6.45, 7) is 1.10.